The van der Waals surface area contributed by atoms with Gasteiger partial charge in [-0.2, -0.15) is 0 Å². The van der Waals surface area contributed by atoms with Gasteiger partial charge >= 0.3 is 0 Å². The lowest BCUT2D eigenvalue weighted by Crippen LogP contribution is -2.00. The van der Waals surface area contributed by atoms with Crippen molar-refractivity contribution in [1.29, 1.82) is 0 Å². The highest BCUT2D eigenvalue weighted by Crippen LogP contribution is 2.28. The van der Waals surface area contributed by atoms with Gasteiger partial charge in [0.05, 0.1) is 30.4 Å². The van der Waals surface area contributed by atoms with Gasteiger partial charge in [0.1, 0.15) is 5.75 Å². The molecule has 1 N–H and O–H groups in total. The van der Waals surface area contributed by atoms with Crippen molar-refractivity contribution in [3.63, 3.8) is 0 Å². The highest BCUT2D eigenvalue weighted by molar-refractivity contribution is 5.68. The maximum Gasteiger partial charge on any atom is 0.232 e. The normalized spacial score (nSPS) is 10.8. The average molecular weight is 377 g/mol. The van der Waals surface area contributed by atoms with Gasteiger partial charge in [0.2, 0.25) is 5.88 Å². The standard InChI is InChI=1S/C23H27N3O2/c1-2-3-4-5-6-9-14-28-23-17-25-21(16-26-23)18-12-13-20(24-15-18)19-10-7-8-11-22(19)27/h7-8,10-13,15-17,27H,2-6,9,14H2,1H3. The fourth-order valence-corrected chi connectivity index (χ4v) is 2.99. The molecule has 5 nitrogen and oxygen atoms in total. The molecule has 3 aromatic rings. The zero-order chi connectivity index (χ0) is 19.6. The number of unbranched alkanes of at least 4 members (excludes halogenated alkanes) is 5. The summed E-state index contributed by atoms with van der Waals surface area (Å²) in [6.45, 7) is 2.90. The number of aromatic nitrogens is 3. The fraction of sp³-hybridized carbons (Fsp3) is 0.348. The molecule has 0 bridgehead atoms. The first kappa shape index (κ1) is 19.8. The second-order valence-corrected chi connectivity index (χ2v) is 6.81. The molecule has 0 aliphatic carbocycles. The summed E-state index contributed by atoms with van der Waals surface area (Å²) in [4.78, 5) is 13.2. The largest absolute Gasteiger partial charge is 0.507 e. The van der Waals surface area contributed by atoms with E-state index < -0.39 is 0 Å². The number of phenolic OH excluding ortho intramolecular Hbond substituents is 1. The van der Waals surface area contributed by atoms with Crippen molar-refractivity contribution >= 4 is 0 Å². The third kappa shape index (κ3) is 5.52. The van der Waals surface area contributed by atoms with Crippen LogP contribution in [0.4, 0.5) is 0 Å². The van der Waals surface area contributed by atoms with Gasteiger partial charge in [-0.1, -0.05) is 51.2 Å². The van der Waals surface area contributed by atoms with Crippen LogP contribution >= 0.6 is 0 Å². The summed E-state index contributed by atoms with van der Waals surface area (Å²) in [5, 5.41) is 9.95. The second kappa shape index (κ2) is 10.4. The molecule has 2 heterocycles. The summed E-state index contributed by atoms with van der Waals surface area (Å²) in [5.74, 6) is 0.769. The summed E-state index contributed by atoms with van der Waals surface area (Å²) in [7, 11) is 0. The molecule has 28 heavy (non-hydrogen) atoms. The molecule has 0 saturated heterocycles. The van der Waals surface area contributed by atoms with Crippen LogP contribution in [-0.2, 0) is 0 Å². The van der Waals surface area contributed by atoms with Gasteiger partial charge < -0.3 is 9.84 Å². The van der Waals surface area contributed by atoms with E-state index in [1.54, 1.807) is 30.7 Å². The summed E-state index contributed by atoms with van der Waals surface area (Å²) in [6, 6.07) is 11.0. The summed E-state index contributed by atoms with van der Waals surface area (Å²) >= 11 is 0. The van der Waals surface area contributed by atoms with Gasteiger partial charge in [0, 0.05) is 17.3 Å². The molecule has 0 radical (unpaired) electrons. The van der Waals surface area contributed by atoms with E-state index >= 15 is 0 Å². The molecule has 5 heteroatoms. The lowest BCUT2D eigenvalue weighted by molar-refractivity contribution is 0.292. The Morgan fingerprint density at radius 3 is 2.29 bits per heavy atom. The Kier molecular flexibility index (Phi) is 7.36. The Hall–Kier alpha value is -2.95. The van der Waals surface area contributed by atoms with Crippen LogP contribution < -0.4 is 4.74 Å². The first-order valence-corrected chi connectivity index (χ1v) is 9.97. The van der Waals surface area contributed by atoms with Gasteiger partial charge in [-0.25, -0.2) is 9.97 Å². The van der Waals surface area contributed by atoms with E-state index in [4.69, 9.17) is 4.74 Å². The molecule has 146 valence electrons. The first-order chi connectivity index (χ1) is 13.8. The van der Waals surface area contributed by atoms with E-state index in [0.29, 0.717) is 23.7 Å². The Morgan fingerprint density at radius 1 is 0.786 bits per heavy atom. The van der Waals surface area contributed by atoms with E-state index in [0.717, 1.165) is 17.7 Å². The molecule has 0 fully saturated rings. The lowest BCUT2D eigenvalue weighted by atomic mass is 10.1. The van der Waals surface area contributed by atoms with Crippen molar-refractivity contribution in [2.24, 2.45) is 0 Å². The van der Waals surface area contributed by atoms with E-state index in [1.165, 1.54) is 32.1 Å². The number of benzene rings is 1. The minimum Gasteiger partial charge on any atom is -0.507 e. The number of hydrogen-bond acceptors (Lipinski definition) is 5. The van der Waals surface area contributed by atoms with Crippen molar-refractivity contribution in [3.05, 3.63) is 55.0 Å². The van der Waals surface area contributed by atoms with E-state index in [1.807, 2.05) is 24.3 Å². The van der Waals surface area contributed by atoms with Gasteiger partial charge in [0.15, 0.2) is 0 Å². The van der Waals surface area contributed by atoms with Gasteiger partial charge in [-0.3, -0.25) is 4.98 Å². The zero-order valence-electron chi connectivity index (χ0n) is 16.3. The molecule has 0 aliphatic heterocycles. The van der Waals surface area contributed by atoms with E-state index in [2.05, 4.69) is 21.9 Å². The van der Waals surface area contributed by atoms with Crippen LogP contribution in [0.2, 0.25) is 0 Å². The summed E-state index contributed by atoms with van der Waals surface area (Å²) < 4.78 is 5.68. The van der Waals surface area contributed by atoms with Gasteiger partial charge in [0.25, 0.3) is 0 Å². The van der Waals surface area contributed by atoms with Crippen LogP contribution in [0.15, 0.2) is 55.0 Å². The van der Waals surface area contributed by atoms with Crippen LogP contribution in [-0.4, -0.2) is 26.7 Å². The van der Waals surface area contributed by atoms with E-state index in [-0.39, 0.29) is 5.75 Å². The minimum absolute atomic E-state index is 0.217. The van der Waals surface area contributed by atoms with Crippen molar-refractivity contribution in [2.45, 2.75) is 45.4 Å². The smallest absolute Gasteiger partial charge is 0.232 e. The fourth-order valence-electron chi connectivity index (χ4n) is 2.99. The average Bonchev–Trinajstić information content (AvgIpc) is 2.74. The first-order valence-electron chi connectivity index (χ1n) is 9.97. The van der Waals surface area contributed by atoms with Gasteiger partial charge in [-0.15, -0.1) is 0 Å². The maximum absolute atomic E-state index is 9.95. The Morgan fingerprint density at radius 2 is 1.57 bits per heavy atom. The molecule has 2 aromatic heterocycles. The van der Waals surface area contributed by atoms with Crippen molar-refractivity contribution in [1.82, 2.24) is 15.0 Å². The third-order valence-electron chi connectivity index (χ3n) is 4.62. The molecular weight excluding hydrogens is 350 g/mol. The Balaban J connectivity index is 1.53. The monoisotopic (exact) mass is 377 g/mol. The van der Waals surface area contributed by atoms with Crippen molar-refractivity contribution in [3.8, 4) is 34.1 Å². The predicted molar refractivity (Wildman–Crippen MR) is 111 cm³/mol. The predicted octanol–water partition coefficient (Wildman–Crippen LogP) is 5.65. The number of nitrogens with zero attached hydrogens (tertiary/aromatic N) is 3. The molecule has 0 atom stereocenters. The number of ether oxygens (including phenoxy) is 1. The van der Waals surface area contributed by atoms with Crippen LogP contribution in [0, 0.1) is 0 Å². The highest BCUT2D eigenvalue weighted by atomic mass is 16.5. The molecule has 1 aromatic carbocycles. The number of pyridine rings is 1. The quantitative estimate of drug-likeness (QED) is 0.462. The zero-order valence-corrected chi connectivity index (χ0v) is 16.3. The van der Waals surface area contributed by atoms with Crippen LogP contribution in [0.5, 0.6) is 11.6 Å². The number of para-hydroxylation sites is 1. The number of aromatic hydroxyl groups is 1. The topological polar surface area (TPSA) is 68.1 Å². The van der Waals surface area contributed by atoms with Crippen LogP contribution in [0.3, 0.4) is 0 Å². The molecule has 0 aliphatic rings. The molecule has 0 spiro atoms. The number of hydrogen-bond donors (Lipinski definition) is 1. The molecule has 0 unspecified atom stereocenters. The molecule has 3 rings (SSSR count). The minimum atomic E-state index is 0.217. The Labute approximate surface area is 166 Å². The number of phenols is 1. The third-order valence-corrected chi connectivity index (χ3v) is 4.62. The second-order valence-electron chi connectivity index (χ2n) is 6.81. The van der Waals surface area contributed by atoms with Crippen LogP contribution in [0.1, 0.15) is 45.4 Å². The molecular formula is C23H27N3O2. The SMILES string of the molecule is CCCCCCCCOc1cnc(-c2ccc(-c3ccccc3O)nc2)cn1. The van der Waals surface area contributed by atoms with Gasteiger partial charge in [-0.05, 0) is 30.7 Å². The van der Waals surface area contributed by atoms with Crippen molar-refractivity contribution < 1.29 is 9.84 Å². The maximum atomic E-state index is 9.95. The van der Waals surface area contributed by atoms with E-state index in [9.17, 15) is 5.11 Å². The molecule has 0 saturated carbocycles. The highest BCUT2D eigenvalue weighted by Gasteiger charge is 2.07. The molecule has 0 amide bonds. The van der Waals surface area contributed by atoms with Crippen LogP contribution in [0.25, 0.3) is 22.5 Å². The Bertz CT molecular complexity index is 848. The van der Waals surface area contributed by atoms with Crippen molar-refractivity contribution in [2.75, 3.05) is 6.61 Å². The number of rotatable bonds is 10. The lowest BCUT2D eigenvalue weighted by Gasteiger charge is -2.07. The summed E-state index contributed by atoms with van der Waals surface area (Å²) in [5.41, 5.74) is 3.03. The summed E-state index contributed by atoms with van der Waals surface area (Å²) in [6.07, 6.45) is 12.5.